The predicted octanol–water partition coefficient (Wildman–Crippen LogP) is 1.80. The summed E-state index contributed by atoms with van der Waals surface area (Å²) in [6.07, 6.45) is 5.14. The number of carbonyl (C=O) groups excluding carboxylic acids is 1. The summed E-state index contributed by atoms with van der Waals surface area (Å²) in [6, 6.07) is 8.86. The van der Waals surface area contributed by atoms with Gasteiger partial charge in [0.1, 0.15) is 0 Å². The Morgan fingerprint density at radius 2 is 2.16 bits per heavy atom. The normalized spacial score (nSPS) is 29.8. The van der Waals surface area contributed by atoms with Gasteiger partial charge in [0.2, 0.25) is 5.91 Å². The van der Waals surface area contributed by atoms with E-state index in [-0.39, 0.29) is 11.4 Å². The lowest BCUT2D eigenvalue weighted by atomic mass is 9.87. The van der Waals surface area contributed by atoms with Gasteiger partial charge in [-0.15, -0.1) is 0 Å². The van der Waals surface area contributed by atoms with Gasteiger partial charge >= 0.3 is 0 Å². The van der Waals surface area contributed by atoms with Gasteiger partial charge in [0.05, 0.1) is 5.54 Å². The van der Waals surface area contributed by atoms with E-state index in [0.29, 0.717) is 6.04 Å². The van der Waals surface area contributed by atoms with Crippen LogP contribution >= 0.6 is 0 Å². The number of fused-ring (bicyclic) bond motifs is 1. The van der Waals surface area contributed by atoms with E-state index in [0.717, 1.165) is 38.6 Å². The van der Waals surface area contributed by atoms with Crippen molar-refractivity contribution in [3.05, 3.63) is 35.4 Å². The van der Waals surface area contributed by atoms with Crippen molar-refractivity contribution in [2.75, 3.05) is 6.54 Å². The van der Waals surface area contributed by atoms with Crippen LogP contribution in [0.15, 0.2) is 24.3 Å². The summed E-state index contributed by atoms with van der Waals surface area (Å²) in [6.45, 7) is 2.98. The van der Waals surface area contributed by atoms with E-state index in [1.807, 2.05) is 6.92 Å². The number of rotatable bonds is 2. The molecule has 0 bridgehead atoms. The summed E-state index contributed by atoms with van der Waals surface area (Å²) in [5.41, 5.74) is 2.48. The molecule has 2 unspecified atom stereocenters. The molecule has 2 aliphatic rings. The molecule has 2 atom stereocenters. The highest BCUT2D eigenvalue weighted by atomic mass is 16.2. The van der Waals surface area contributed by atoms with E-state index in [1.54, 1.807) is 0 Å². The number of amides is 1. The quantitative estimate of drug-likeness (QED) is 0.849. The third kappa shape index (κ3) is 2.52. The standard InChI is InChI=1S/C16H22N2O/c1-16(9-4-10-17-16)15(19)18-14-8-7-12-5-2-3-6-13(12)11-14/h2-3,5-6,14,17H,4,7-11H2,1H3,(H,18,19). The van der Waals surface area contributed by atoms with Gasteiger partial charge in [-0.3, -0.25) is 4.79 Å². The summed E-state index contributed by atoms with van der Waals surface area (Å²) < 4.78 is 0. The number of carbonyl (C=O) groups is 1. The minimum Gasteiger partial charge on any atom is -0.351 e. The molecule has 1 heterocycles. The Morgan fingerprint density at radius 3 is 2.89 bits per heavy atom. The first kappa shape index (κ1) is 12.7. The van der Waals surface area contributed by atoms with Crippen LogP contribution in [0.4, 0.5) is 0 Å². The highest BCUT2D eigenvalue weighted by Gasteiger charge is 2.37. The van der Waals surface area contributed by atoms with Crippen LogP contribution in [-0.4, -0.2) is 24.0 Å². The molecule has 102 valence electrons. The van der Waals surface area contributed by atoms with Crippen molar-refractivity contribution in [1.82, 2.24) is 10.6 Å². The molecular formula is C16H22N2O. The number of nitrogens with one attached hydrogen (secondary N) is 2. The molecule has 19 heavy (non-hydrogen) atoms. The lowest BCUT2D eigenvalue weighted by Crippen LogP contribution is -2.54. The molecule has 2 N–H and O–H groups in total. The monoisotopic (exact) mass is 258 g/mol. The fraction of sp³-hybridized carbons (Fsp3) is 0.562. The summed E-state index contributed by atoms with van der Waals surface area (Å²) in [5.74, 6) is 0.175. The van der Waals surface area contributed by atoms with Crippen molar-refractivity contribution in [1.29, 1.82) is 0 Å². The zero-order chi connectivity index (χ0) is 13.3. The van der Waals surface area contributed by atoms with Crippen molar-refractivity contribution < 1.29 is 4.79 Å². The second kappa shape index (κ2) is 4.97. The van der Waals surface area contributed by atoms with E-state index >= 15 is 0 Å². The van der Waals surface area contributed by atoms with Gasteiger partial charge in [-0.2, -0.15) is 0 Å². The van der Waals surface area contributed by atoms with E-state index in [2.05, 4.69) is 34.9 Å². The molecular weight excluding hydrogens is 236 g/mol. The van der Waals surface area contributed by atoms with E-state index in [1.165, 1.54) is 11.1 Å². The average molecular weight is 258 g/mol. The van der Waals surface area contributed by atoms with Crippen LogP contribution in [0.25, 0.3) is 0 Å². The minimum absolute atomic E-state index is 0.175. The molecule has 1 amide bonds. The predicted molar refractivity (Wildman–Crippen MR) is 76.0 cm³/mol. The minimum atomic E-state index is -0.350. The van der Waals surface area contributed by atoms with Crippen molar-refractivity contribution in [2.45, 2.75) is 50.6 Å². The smallest absolute Gasteiger partial charge is 0.240 e. The first-order valence-electron chi connectivity index (χ1n) is 7.30. The Balaban J connectivity index is 1.64. The maximum absolute atomic E-state index is 12.4. The first-order valence-corrected chi connectivity index (χ1v) is 7.30. The van der Waals surface area contributed by atoms with Gasteiger partial charge in [-0.25, -0.2) is 0 Å². The van der Waals surface area contributed by atoms with Gasteiger partial charge in [0.25, 0.3) is 0 Å². The number of hydrogen-bond acceptors (Lipinski definition) is 2. The molecule has 3 rings (SSSR count). The Labute approximate surface area is 114 Å². The molecule has 1 aliphatic carbocycles. The second-order valence-corrected chi connectivity index (χ2v) is 6.04. The van der Waals surface area contributed by atoms with Crippen LogP contribution < -0.4 is 10.6 Å². The molecule has 1 aromatic rings. The molecule has 1 saturated heterocycles. The summed E-state index contributed by atoms with van der Waals surface area (Å²) >= 11 is 0. The zero-order valence-electron chi connectivity index (χ0n) is 11.5. The number of hydrogen-bond donors (Lipinski definition) is 2. The molecule has 1 aromatic carbocycles. The molecule has 0 saturated carbocycles. The summed E-state index contributed by atoms with van der Waals surface area (Å²) in [5, 5.41) is 6.57. The first-order chi connectivity index (χ1) is 9.17. The van der Waals surface area contributed by atoms with Crippen LogP contribution in [0.3, 0.4) is 0 Å². The maximum Gasteiger partial charge on any atom is 0.240 e. The summed E-state index contributed by atoms with van der Waals surface area (Å²) in [7, 11) is 0. The van der Waals surface area contributed by atoms with Gasteiger partial charge in [0.15, 0.2) is 0 Å². The molecule has 3 nitrogen and oxygen atoms in total. The van der Waals surface area contributed by atoms with Crippen LogP contribution in [0.5, 0.6) is 0 Å². The lowest BCUT2D eigenvalue weighted by molar-refractivity contribution is -0.127. The Hall–Kier alpha value is -1.35. The zero-order valence-corrected chi connectivity index (χ0v) is 11.5. The third-order valence-corrected chi connectivity index (χ3v) is 4.55. The van der Waals surface area contributed by atoms with Gasteiger partial charge in [-0.05, 0) is 56.7 Å². The Kier molecular flexibility index (Phi) is 3.31. The van der Waals surface area contributed by atoms with Gasteiger partial charge in [0, 0.05) is 6.04 Å². The molecule has 1 fully saturated rings. The van der Waals surface area contributed by atoms with E-state index in [9.17, 15) is 4.79 Å². The maximum atomic E-state index is 12.4. The Morgan fingerprint density at radius 1 is 1.37 bits per heavy atom. The van der Waals surface area contributed by atoms with Crippen LogP contribution in [0.1, 0.15) is 37.3 Å². The van der Waals surface area contributed by atoms with E-state index < -0.39 is 0 Å². The summed E-state index contributed by atoms with van der Waals surface area (Å²) in [4.78, 5) is 12.4. The van der Waals surface area contributed by atoms with Crippen LogP contribution in [0, 0.1) is 0 Å². The fourth-order valence-corrected chi connectivity index (χ4v) is 3.25. The number of benzene rings is 1. The Bertz CT molecular complexity index is 477. The molecule has 3 heteroatoms. The van der Waals surface area contributed by atoms with Crippen LogP contribution in [0.2, 0.25) is 0 Å². The van der Waals surface area contributed by atoms with E-state index in [4.69, 9.17) is 0 Å². The fourth-order valence-electron chi connectivity index (χ4n) is 3.25. The highest BCUT2D eigenvalue weighted by Crippen LogP contribution is 2.23. The largest absolute Gasteiger partial charge is 0.351 e. The van der Waals surface area contributed by atoms with Crippen molar-refractivity contribution in [3.8, 4) is 0 Å². The van der Waals surface area contributed by atoms with Gasteiger partial charge < -0.3 is 10.6 Å². The van der Waals surface area contributed by atoms with Crippen molar-refractivity contribution in [3.63, 3.8) is 0 Å². The third-order valence-electron chi connectivity index (χ3n) is 4.55. The average Bonchev–Trinajstić information content (AvgIpc) is 2.87. The SMILES string of the molecule is CC1(C(=O)NC2CCc3ccccc3C2)CCCN1. The molecule has 0 spiro atoms. The lowest BCUT2D eigenvalue weighted by Gasteiger charge is -2.30. The molecule has 1 aliphatic heterocycles. The van der Waals surface area contributed by atoms with Crippen molar-refractivity contribution in [2.24, 2.45) is 0 Å². The van der Waals surface area contributed by atoms with Crippen LogP contribution in [-0.2, 0) is 17.6 Å². The second-order valence-electron chi connectivity index (χ2n) is 6.04. The molecule has 0 radical (unpaired) electrons. The van der Waals surface area contributed by atoms with Gasteiger partial charge in [-0.1, -0.05) is 24.3 Å². The topological polar surface area (TPSA) is 41.1 Å². The number of aryl methyl sites for hydroxylation is 1. The van der Waals surface area contributed by atoms with Crippen molar-refractivity contribution >= 4 is 5.91 Å². The highest BCUT2D eigenvalue weighted by molar-refractivity contribution is 5.86. The molecule has 0 aromatic heterocycles.